The average Bonchev–Trinajstić information content (AvgIpc) is 3.29. The van der Waals surface area contributed by atoms with Gasteiger partial charge in [0.05, 0.1) is 22.7 Å². The van der Waals surface area contributed by atoms with Gasteiger partial charge in [-0.3, -0.25) is 18.9 Å². The Morgan fingerprint density at radius 2 is 2.00 bits per heavy atom. The van der Waals surface area contributed by atoms with Crippen molar-refractivity contribution in [3.05, 3.63) is 65.0 Å². The molecule has 0 radical (unpaired) electrons. The third-order valence-electron chi connectivity index (χ3n) is 6.48. The normalized spacial score (nSPS) is 18.1. The molecule has 1 aliphatic rings. The Morgan fingerprint density at radius 1 is 1.15 bits per heavy atom. The molecule has 4 aromatic rings. The van der Waals surface area contributed by atoms with Gasteiger partial charge in [-0.15, -0.1) is 10.2 Å². The Hall–Kier alpha value is -3.51. The van der Waals surface area contributed by atoms with Crippen LogP contribution in [0.2, 0.25) is 0 Å². The van der Waals surface area contributed by atoms with Gasteiger partial charge in [-0.25, -0.2) is 4.98 Å². The molecule has 0 aliphatic heterocycles. The van der Waals surface area contributed by atoms with Crippen LogP contribution in [0.15, 0.2) is 58.7 Å². The van der Waals surface area contributed by atoms with Crippen LogP contribution in [-0.4, -0.2) is 29.3 Å². The summed E-state index contributed by atoms with van der Waals surface area (Å²) in [6, 6.07) is 13.6. The smallest absolute Gasteiger partial charge is 0.262 e. The van der Waals surface area contributed by atoms with E-state index in [1.54, 1.807) is 12.3 Å². The summed E-state index contributed by atoms with van der Waals surface area (Å²) in [7, 11) is 0. The average molecular weight is 472 g/mol. The summed E-state index contributed by atoms with van der Waals surface area (Å²) >= 11 is 1.51. The van der Waals surface area contributed by atoms with E-state index in [2.05, 4.69) is 32.7 Å². The zero-order valence-electron chi connectivity index (χ0n) is 19.0. The molecule has 0 saturated heterocycles. The molecule has 1 fully saturated rings. The lowest BCUT2D eigenvalue weighted by Gasteiger charge is -2.31. The molecular formula is C25H25N7OS. The van der Waals surface area contributed by atoms with Gasteiger partial charge < -0.3 is 0 Å². The van der Waals surface area contributed by atoms with Crippen LogP contribution in [0.3, 0.4) is 0 Å². The number of hydrogen-bond acceptors (Lipinski definition) is 7. The first-order valence-electron chi connectivity index (χ1n) is 11.5. The zero-order chi connectivity index (χ0) is 23.5. The van der Waals surface area contributed by atoms with Gasteiger partial charge in [0.25, 0.3) is 5.56 Å². The van der Waals surface area contributed by atoms with Crippen LogP contribution in [0.5, 0.6) is 0 Å². The van der Waals surface area contributed by atoms with E-state index in [1.807, 2.05) is 36.5 Å². The summed E-state index contributed by atoms with van der Waals surface area (Å²) in [5, 5.41) is 19.7. The number of para-hydroxylation sites is 1. The molecule has 0 bridgehead atoms. The third kappa shape index (κ3) is 4.21. The highest BCUT2D eigenvalue weighted by Gasteiger charge is 2.29. The van der Waals surface area contributed by atoms with Crippen molar-refractivity contribution in [3.63, 3.8) is 0 Å². The number of rotatable bonds is 6. The molecule has 1 saturated carbocycles. The molecule has 3 heterocycles. The van der Waals surface area contributed by atoms with E-state index < -0.39 is 0 Å². The summed E-state index contributed by atoms with van der Waals surface area (Å²) < 4.78 is 3.71. The first-order chi connectivity index (χ1) is 16.7. The number of nitriles is 1. The van der Waals surface area contributed by atoms with Crippen molar-refractivity contribution < 1.29 is 0 Å². The van der Waals surface area contributed by atoms with Gasteiger partial charge in [-0.1, -0.05) is 43.7 Å². The molecule has 2 atom stereocenters. The lowest BCUT2D eigenvalue weighted by molar-refractivity contribution is 0.247. The Balaban J connectivity index is 1.54. The number of benzene rings is 1. The Kier molecular flexibility index (Phi) is 6.41. The van der Waals surface area contributed by atoms with Crippen molar-refractivity contribution in [1.82, 2.24) is 29.3 Å². The Bertz CT molecular complexity index is 1410. The number of pyridine rings is 1. The van der Waals surface area contributed by atoms with Gasteiger partial charge in [0.1, 0.15) is 12.4 Å². The topological polar surface area (TPSA) is 102 Å². The number of thioether (sulfide) groups is 1. The van der Waals surface area contributed by atoms with Crippen LogP contribution in [-0.2, 0) is 12.3 Å². The summed E-state index contributed by atoms with van der Waals surface area (Å²) in [5.41, 5.74) is 1.38. The van der Waals surface area contributed by atoms with Crippen LogP contribution in [0.1, 0.15) is 44.5 Å². The van der Waals surface area contributed by atoms with E-state index in [4.69, 9.17) is 4.98 Å². The van der Waals surface area contributed by atoms with Crippen molar-refractivity contribution in [3.8, 4) is 17.5 Å². The molecule has 0 N–H and O–H groups in total. The zero-order valence-corrected chi connectivity index (χ0v) is 19.8. The molecule has 1 aliphatic carbocycles. The van der Waals surface area contributed by atoms with Crippen molar-refractivity contribution in [1.29, 1.82) is 5.26 Å². The molecule has 8 nitrogen and oxygen atoms in total. The predicted octanol–water partition coefficient (Wildman–Crippen LogP) is 4.62. The molecule has 1 aromatic carbocycles. The quantitative estimate of drug-likeness (QED) is 0.378. The van der Waals surface area contributed by atoms with Crippen molar-refractivity contribution in [2.75, 3.05) is 0 Å². The fourth-order valence-electron chi connectivity index (χ4n) is 4.73. The van der Waals surface area contributed by atoms with Crippen molar-refractivity contribution in [2.45, 2.75) is 56.1 Å². The van der Waals surface area contributed by atoms with E-state index in [0.29, 0.717) is 34.4 Å². The lowest BCUT2D eigenvalue weighted by Crippen LogP contribution is -2.25. The van der Waals surface area contributed by atoms with Crippen molar-refractivity contribution >= 4 is 22.7 Å². The molecule has 2 unspecified atom stereocenters. The predicted molar refractivity (Wildman–Crippen MR) is 131 cm³/mol. The highest BCUT2D eigenvalue weighted by Crippen LogP contribution is 2.39. The molecule has 5 rings (SSSR count). The molecule has 0 amide bonds. The van der Waals surface area contributed by atoms with Crippen molar-refractivity contribution in [2.24, 2.45) is 5.92 Å². The third-order valence-corrected chi connectivity index (χ3v) is 7.42. The molecular weight excluding hydrogens is 446 g/mol. The van der Waals surface area contributed by atoms with Gasteiger partial charge in [0.2, 0.25) is 0 Å². The van der Waals surface area contributed by atoms with Crippen LogP contribution < -0.4 is 5.56 Å². The molecule has 3 aromatic heterocycles. The largest absolute Gasteiger partial charge is 0.299 e. The minimum absolute atomic E-state index is 0.0418. The van der Waals surface area contributed by atoms with Crippen LogP contribution in [0.4, 0.5) is 0 Å². The molecule has 34 heavy (non-hydrogen) atoms. The van der Waals surface area contributed by atoms with E-state index in [-0.39, 0.29) is 12.1 Å². The molecule has 172 valence electrons. The van der Waals surface area contributed by atoms with E-state index in [1.165, 1.54) is 35.6 Å². The van der Waals surface area contributed by atoms with Gasteiger partial charge in [-0.05, 0) is 43.0 Å². The number of fused-ring (bicyclic) bond motifs is 1. The first kappa shape index (κ1) is 22.3. The highest BCUT2D eigenvalue weighted by molar-refractivity contribution is 7.98. The summed E-state index contributed by atoms with van der Waals surface area (Å²) in [6.45, 7) is 2.25. The summed E-state index contributed by atoms with van der Waals surface area (Å²) in [5.74, 6) is 2.29. The van der Waals surface area contributed by atoms with Crippen LogP contribution in [0.25, 0.3) is 22.3 Å². The number of aromatic nitrogens is 6. The van der Waals surface area contributed by atoms with E-state index in [0.717, 1.165) is 23.0 Å². The second-order valence-corrected chi connectivity index (χ2v) is 9.57. The highest BCUT2D eigenvalue weighted by atomic mass is 32.2. The van der Waals surface area contributed by atoms with Gasteiger partial charge >= 0.3 is 0 Å². The second kappa shape index (κ2) is 9.77. The second-order valence-electron chi connectivity index (χ2n) is 8.63. The molecule has 0 spiro atoms. The Labute approximate surface area is 201 Å². The van der Waals surface area contributed by atoms with E-state index >= 15 is 0 Å². The lowest BCUT2D eigenvalue weighted by atomic mass is 9.85. The summed E-state index contributed by atoms with van der Waals surface area (Å²) in [6.07, 6.45) is 8.24. The summed E-state index contributed by atoms with van der Waals surface area (Å²) in [4.78, 5) is 22.0. The SMILES string of the molecule is CC1CCCCC1n1c(SCc2nc3ccccc3c(=O)n2CC#N)nnc1-c1cccnc1. The van der Waals surface area contributed by atoms with E-state index in [9.17, 15) is 10.1 Å². The maximum Gasteiger partial charge on any atom is 0.262 e. The van der Waals surface area contributed by atoms with Gasteiger partial charge in [0, 0.05) is 24.0 Å². The van der Waals surface area contributed by atoms with Crippen LogP contribution >= 0.6 is 11.8 Å². The van der Waals surface area contributed by atoms with Gasteiger partial charge in [-0.2, -0.15) is 5.26 Å². The monoisotopic (exact) mass is 471 g/mol. The minimum atomic E-state index is -0.193. The standard InChI is InChI=1S/C25H25N7OS/c1-17-7-2-5-11-21(17)32-23(18-8-6-13-27-15-18)29-30-25(32)34-16-22-28-20-10-4-3-9-19(20)24(33)31(22)14-12-26/h3-4,6,8-10,13,15,17,21H,2,5,7,11,14,16H2,1H3. The fraction of sp³-hybridized carbons (Fsp3) is 0.360. The molecule has 9 heteroatoms. The maximum absolute atomic E-state index is 13.0. The Morgan fingerprint density at radius 3 is 2.79 bits per heavy atom. The fourth-order valence-corrected chi connectivity index (χ4v) is 5.67. The minimum Gasteiger partial charge on any atom is -0.299 e. The maximum atomic E-state index is 13.0. The number of nitrogens with zero attached hydrogens (tertiary/aromatic N) is 7. The number of hydrogen-bond donors (Lipinski definition) is 0. The first-order valence-corrected chi connectivity index (χ1v) is 12.5. The van der Waals surface area contributed by atoms with Crippen LogP contribution in [0, 0.1) is 17.2 Å². The van der Waals surface area contributed by atoms with Gasteiger partial charge in [0.15, 0.2) is 11.0 Å².